The summed E-state index contributed by atoms with van der Waals surface area (Å²) >= 11 is 0. The van der Waals surface area contributed by atoms with Crippen LogP contribution in [-0.4, -0.2) is 85.3 Å². The van der Waals surface area contributed by atoms with Gasteiger partial charge in [0.15, 0.2) is 0 Å². The molecule has 0 fully saturated rings. The van der Waals surface area contributed by atoms with Crippen LogP contribution in [0.3, 0.4) is 0 Å². The van der Waals surface area contributed by atoms with Gasteiger partial charge in [0.25, 0.3) is 0 Å². The van der Waals surface area contributed by atoms with Crippen molar-refractivity contribution in [1.82, 2.24) is 9.55 Å². The quantitative estimate of drug-likeness (QED) is 0.214. The fourth-order valence-electron chi connectivity index (χ4n) is 8.03. The molecule has 1 heterocycles. The van der Waals surface area contributed by atoms with Gasteiger partial charge in [-0.05, 0) is 90.7 Å². The SMILES string of the molecule is [B]c1c([B])c([B])c(-c2cccc(-c3c4ccccc4c(-c4ccc(-n5c(-c6c([B])c([B])c([B])c(O)c6[B])nc6ccccc65)cc4)c4ccccc34)c2)c([B])c1[B]. The van der Waals surface area contributed by atoms with Crippen molar-refractivity contribution in [2.45, 2.75) is 0 Å². The molecule has 9 aromatic rings. The van der Waals surface area contributed by atoms with Gasteiger partial charge < -0.3 is 5.11 Å². The first kappa shape index (κ1) is 36.8. The zero-order valence-electron chi connectivity index (χ0n) is 30.6. The number of benzene rings is 8. The van der Waals surface area contributed by atoms with E-state index in [0.29, 0.717) is 22.5 Å². The van der Waals surface area contributed by atoms with Crippen LogP contribution in [0.4, 0.5) is 0 Å². The van der Waals surface area contributed by atoms with Crippen molar-refractivity contribution in [1.29, 1.82) is 0 Å². The third kappa shape index (κ3) is 5.67. The molecule has 1 N–H and O–H groups in total. The molecule has 244 valence electrons. The van der Waals surface area contributed by atoms with Crippen LogP contribution in [0.15, 0.2) is 121 Å². The Morgan fingerprint density at radius 2 is 0.842 bits per heavy atom. The number of fused-ring (bicyclic) bond motifs is 3. The highest BCUT2D eigenvalue weighted by Crippen LogP contribution is 2.44. The second-order valence-corrected chi connectivity index (χ2v) is 14.1. The van der Waals surface area contributed by atoms with Gasteiger partial charge in [0, 0.05) is 11.3 Å². The third-order valence-electron chi connectivity index (χ3n) is 10.9. The summed E-state index contributed by atoms with van der Waals surface area (Å²) in [6.07, 6.45) is 0. The van der Waals surface area contributed by atoms with Crippen molar-refractivity contribution >= 4 is 152 Å². The molecule has 1 aromatic heterocycles. The summed E-state index contributed by atoms with van der Waals surface area (Å²) in [5.74, 6) is 0.0729. The lowest BCUT2D eigenvalue weighted by Gasteiger charge is -2.22. The average molecular weight is 703 g/mol. The number of nitrogens with zero attached hydrogens (tertiary/aromatic N) is 2. The summed E-state index contributed by atoms with van der Waals surface area (Å²) in [4.78, 5) is 4.90. The van der Waals surface area contributed by atoms with Gasteiger partial charge in [0.2, 0.25) is 0 Å². The Morgan fingerprint density at radius 1 is 0.386 bits per heavy atom. The molecule has 0 atom stereocenters. The molecule has 18 radical (unpaired) electrons. The van der Waals surface area contributed by atoms with Gasteiger partial charge in [-0.25, -0.2) is 4.98 Å². The Hall–Kier alpha value is -5.87. The van der Waals surface area contributed by atoms with Crippen molar-refractivity contribution < 1.29 is 5.11 Å². The van der Waals surface area contributed by atoms with Gasteiger partial charge in [-0.3, -0.25) is 4.57 Å². The highest BCUT2D eigenvalue weighted by atomic mass is 16.3. The Labute approximate surface area is 343 Å². The molecule has 9 rings (SSSR count). The smallest absolute Gasteiger partial charge is 0.144 e. The predicted octanol–water partition coefficient (Wildman–Crippen LogP) is 0.850. The Balaban J connectivity index is 1.23. The minimum atomic E-state index is -0.340. The lowest BCUT2D eigenvalue weighted by Crippen LogP contribution is -2.55. The van der Waals surface area contributed by atoms with Crippen LogP contribution in [0, 0.1) is 0 Å². The summed E-state index contributed by atoms with van der Waals surface area (Å²) in [6.45, 7) is 0. The topological polar surface area (TPSA) is 38.0 Å². The van der Waals surface area contributed by atoms with Crippen LogP contribution in [0.5, 0.6) is 5.75 Å². The fourth-order valence-corrected chi connectivity index (χ4v) is 8.03. The standard InChI is InChI=1S/C45H21B9N2O/c46-35-33(36(47)40(51)42(53)39(35)50)23-9-7-8-22(20-23)32-27-12-3-1-10-25(27)31(26-11-2-4-13-28(26)32)21-16-18-24(19-17-21)56-30-15-6-5-14-29(30)55-45(56)34-37(48)41(52)43(54)44(57)38(34)49/h1-20,57H. The van der Waals surface area contributed by atoms with Crippen LogP contribution in [0.1, 0.15) is 0 Å². The minimum absolute atomic E-state index is 0.00963. The molecule has 0 spiro atoms. The van der Waals surface area contributed by atoms with E-state index in [1.807, 2.05) is 77.4 Å². The van der Waals surface area contributed by atoms with E-state index in [0.717, 1.165) is 60.6 Å². The molecule has 3 nitrogen and oxygen atoms in total. The fraction of sp³-hybridized carbons (Fsp3) is 0. The van der Waals surface area contributed by atoms with E-state index in [9.17, 15) is 5.11 Å². The van der Waals surface area contributed by atoms with Crippen molar-refractivity contribution in [2.75, 3.05) is 0 Å². The number of phenols is 1. The number of rotatable bonds is 5. The molecular formula is C45H21B9N2O. The first-order valence-electron chi connectivity index (χ1n) is 18.1. The molecule has 0 aliphatic rings. The second-order valence-electron chi connectivity index (χ2n) is 14.1. The first-order valence-corrected chi connectivity index (χ1v) is 18.1. The van der Waals surface area contributed by atoms with Gasteiger partial charge >= 0.3 is 0 Å². The van der Waals surface area contributed by atoms with Crippen molar-refractivity contribution in [3.63, 3.8) is 0 Å². The normalized spacial score (nSPS) is 11.5. The lowest BCUT2D eigenvalue weighted by molar-refractivity contribution is 0.484. The van der Waals surface area contributed by atoms with E-state index < -0.39 is 0 Å². The molecule has 8 aromatic carbocycles. The number of hydrogen-bond acceptors (Lipinski definition) is 2. The number of aromatic hydroxyl groups is 1. The third-order valence-corrected chi connectivity index (χ3v) is 10.9. The van der Waals surface area contributed by atoms with Gasteiger partial charge in [-0.15, -0.1) is 21.9 Å². The number of hydrogen-bond donors (Lipinski definition) is 1. The maximum atomic E-state index is 10.8. The highest BCUT2D eigenvalue weighted by molar-refractivity contribution is 6.69. The predicted molar refractivity (Wildman–Crippen MR) is 248 cm³/mol. The van der Waals surface area contributed by atoms with Crippen LogP contribution >= 0.6 is 0 Å². The maximum Gasteiger partial charge on any atom is 0.144 e. The van der Waals surface area contributed by atoms with Gasteiger partial charge in [0.1, 0.15) is 82.2 Å². The summed E-state index contributed by atoms with van der Waals surface area (Å²) in [6, 6.07) is 40.7. The lowest BCUT2D eigenvalue weighted by atomic mass is 9.59. The molecule has 0 saturated carbocycles. The van der Waals surface area contributed by atoms with E-state index in [-0.39, 0.29) is 54.9 Å². The van der Waals surface area contributed by atoms with Crippen molar-refractivity contribution in [3.8, 4) is 56.2 Å². The highest BCUT2D eigenvalue weighted by Gasteiger charge is 2.22. The van der Waals surface area contributed by atoms with E-state index in [4.69, 9.17) is 75.6 Å². The Kier molecular flexibility index (Phi) is 9.00. The molecule has 0 aliphatic carbocycles. The zero-order valence-corrected chi connectivity index (χ0v) is 30.6. The Morgan fingerprint density at radius 3 is 1.42 bits per heavy atom. The molecule has 0 amide bonds. The van der Waals surface area contributed by atoms with Crippen molar-refractivity contribution in [3.05, 3.63) is 121 Å². The van der Waals surface area contributed by atoms with Gasteiger partial charge in [-0.2, -0.15) is 0 Å². The number of aromatic nitrogens is 2. The molecular weight excluding hydrogens is 682 g/mol. The molecule has 0 aliphatic heterocycles. The zero-order chi connectivity index (χ0) is 39.9. The monoisotopic (exact) mass is 704 g/mol. The van der Waals surface area contributed by atoms with Gasteiger partial charge in [-0.1, -0.05) is 113 Å². The number of imidazole rings is 1. The van der Waals surface area contributed by atoms with E-state index in [2.05, 4.69) is 48.5 Å². The average Bonchev–Trinajstić information content (AvgIpc) is 3.62. The first-order chi connectivity index (χ1) is 27.5. The van der Waals surface area contributed by atoms with Crippen LogP contribution in [0.2, 0.25) is 0 Å². The van der Waals surface area contributed by atoms with Crippen LogP contribution in [-0.2, 0) is 0 Å². The summed E-state index contributed by atoms with van der Waals surface area (Å²) in [7, 11) is 56.8. The van der Waals surface area contributed by atoms with E-state index in [1.54, 1.807) is 0 Å². The maximum absolute atomic E-state index is 10.8. The summed E-state index contributed by atoms with van der Waals surface area (Å²) < 4.78 is 1.95. The number of para-hydroxylation sites is 2. The molecule has 0 saturated heterocycles. The van der Waals surface area contributed by atoms with E-state index in [1.165, 1.54) is 0 Å². The molecule has 0 unspecified atom stereocenters. The van der Waals surface area contributed by atoms with Crippen LogP contribution in [0.25, 0.3) is 83.0 Å². The van der Waals surface area contributed by atoms with Crippen molar-refractivity contribution in [2.24, 2.45) is 0 Å². The molecule has 0 bridgehead atoms. The number of phenolic OH excluding ortho intramolecular Hbond substituents is 1. The van der Waals surface area contributed by atoms with E-state index >= 15 is 0 Å². The second kappa shape index (κ2) is 14.0. The van der Waals surface area contributed by atoms with Crippen LogP contribution < -0.4 is 49.2 Å². The minimum Gasteiger partial charge on any atom is -0.509 e. The molecule has 57 heavy (non-hydrogen) atoms. The molecule has 12 heteroatoms. The summed E-state index contributed by atoms with van der Waals surface area (Å²) in [5, 5.41) is 15.0. The van der Waals surface area contributed by atoms with Gasteiger partial charge in [0.05, 0.1) is 11.0 Å². The summed E-state index contributed by atoms with van der Waals surface area (Å²) in [5.41, 5.74) is 9.21. The Bertz CT molecular complexity index is 3030. The largest absolute Gasteiger partial charge is 0.509 e.